The van der Waals surface area contributed by atoms with Crippen LogP contribution in [-0.4, -0.2) is 60.9 Å². The molecule has 0 bridgehead atoms. The number of aromatic amines is 1. The van der Waals surface area contributed by atoms with Gasteiger partial charge in [-0.05, 0) is 24.6 Å². The number of benzene rings is 1. The summed E-state index contributed by atoms with van der Waals surface area (Å²) in [6.45, 7) is 3.67. The number of nitrogens with zero attached hydrogens (tertiary/aromatic N) is 4. The lowest BCUT2D eigenvalue weighted by atomic mass is 10.2. The van der Waals surface area contributed by atoms with Gasteiger partial charge in [-0.2, -0.15) is 0 Å². The maximum atomic E-state index is 12.3. The molecule has 2 heterocycles. The second-order valence-corrected chi connectivity index (χ2v) is 8.55. The highest BCUT2D eigenvalue weighted by molar-refractivity contribution is 14.0. The zero-order chi connectivity index (χ0) is 22.1. The molecule has 9 nitrogen and oxygen atoms in total. The van der Waals surface area contributed by atoms with Crippen molar-refractivity contribution in [3.05, 3.63) is 66.9 Å². The fourth-order valence-electron chi connectivity index (χ4n) is 2.91. The third-order valence-electron chi connectivity index (χ3n) is 4.41. The highest BCUT2D eigenvalue weighted by Gasteiger charge is 2.13. The van der Waals surface area contributed by atoms with Crippen molar-refractivity contribution in [1.82, 2.24) is 29.9 Å². The molecule has 3 aromatic rings. The van der Waals surface area contributed by atoms with Gasteiger partial charge in [0.15, 0.2) is 5.96 Å². The van der Waals surface area contributed by atoms with E-state index in [1.165, 1.54) is 18.5 Å². The molecule has 0 unspecified atom stereocenters. The van der Waals surface area contributed by atoms with Crippen LogP contribution in [0, 0.1) is 0 Å². The van der Waals surface area contributed by atoms with Crippen LogP contribution in [0.3, 0.4) is 0 Å². The maximum Gasteiger partial charge on any atom is 0.242 e. The number of nitrogens with one attached hydrogen (secondary N) is 3. The highest BCUT2D eigenvalue weighted by atomic mass is 127. The van der Waals surface area contributed by atoms with E-state index in [4.69, 9.17) is 0 Å². The molecule has 172 valence electrons. The number of rotatable bonds is 9. The molecule has 0 spiro atoms. The van der Waals surface area contributed by atoms with Crippen LogP contribution in [0.25, 0.3) is 11.3 Å². The van der Waals surface area contributed by atoms with Crippen LogP contribution >= 0.6 is 24.0 Å². The lowest BCUT2D eigenvalue weighted by molar-refractivity contribution is 0.464. The van der Waals surface area contributed by atoms with Crippen molar-refractivity contribution < 1.29 is 8.42 Å². The van der Waals surface area contributed by atoms with Crippen LogP contribution in [0.4, 0.5) is 0 Å². The number of aliphatic imine (C=N–C) groups is 1. The zero-order valence-electron chi connectivity index (χ0n) is 18.0. The summed E-state index contributed by atoms with van der Waals surface area (Å²) < 4.78 is 27.1. The Bertz CT molecular complexity index is 1090. The minimum atomic E-state index is -3.59. The Morgan fingerprint density at radius 3 is 2.62 bits per heavy atom. The molecule has 0 atom stereocenters. The molecule has 3 rings (SSSR count). The van der Waals surface area contributed by atoms with Gasteiger partial charge in [0.05, 0.1) is 25.0 Å². The van der Waals surface area contributed by atoms with Crippen LogP contribution in [0.5, 0.6) is 0 Å². The quantitative estimate of drug-likeness (QED) is 0.158. The summed E-state index contributed by atoms with van der Waals surface area (Å²) in [6, 6.07) is 13.1. The molecule has 0 aliphatic carbocycles. The van der Waals surface area contributed by atoms with Gasteiger partial charge in [-0.15, -0.1) is 24.0 Å². The number of aromatic nitrogens is 3. The molecule has 0 amide bonds. The minimum Gasteiger partial charge on any atom is -0.357 e. The summed E-state index contributed by atoms with van der Waals surface area (Å²) in [4.78, 5) is 18.2. The van der Waals surface area contributed by atoms with Crippen LogP contribution in [0.1, 0.15) is 12.7 Å². The Morgan fingerprint density at radius 2 is 1.94 bits per heavy atom. The standard InChI is InChI=1S/C21H27N7O2S.HI/c1-3-23-21(24-12-13-26-31(29,30)18-10-7-11-22-14-18)28(2)16-20-25-15-19(27-20)17-8-5-4-6-9-17;/h4-11,14-15,26H,3,12-13,16H2,1-2H3,(H,23,24)(H,25,27);1H. The summed E-state index contributed by atoms with van der Waals surface area (Å²) in [5.41, 5.74) is 2.03. The molecule has 1 aromatic carbocycles. The molecule has 0 saturated carbocycles. The summed E-state index contributed by atoms with van der Waals surface area (Å²) in [5, 5.41) is 3.22. The molecular weight excluding hydrogens is 541 g/mol. The van der Waals surface area contributed by atoms with E-state index in [1.54, 1.807) is 6.07 Å². The van der Waals surface area contributed by atoms with Crippen molar-refractivity contribution in [3.63, 3.8) is 0 Å². The number of hydrogen-bond acceptors (Lipinski definition) is 5. The van der Waals surface area contributed by atoms with Gasteiger partial charge in [-0.3, -0.25) is 9.98 Å². The Hall–Kier alpha value is -2.51. The maximum absolute atomic E-state index is 12.3. The molecule has 0 fully saturated rings. The molecule has 32 heavy (non-hydrogen) atoms. The van der Waals surface area contributed by atoms with Gasteiger partial charge in [-0.1, -0.05) is 30.3 Å². The van der Waals surface area contributed by atoms with E-state index in [0.29, 0.717) is 25.6 Å². The first kappa shape index (κ1) is 25.7. The van der Waals surface area contributed by atoms with Crippen molar-refractivity contribution in [3.8, 4) is 11.3 Å². The molecule has 3 N–H and O–H groups in total. The van der Waals surface area contributed by atoms with E-state index in [1.807, 2.05) is 55.4 Å². The number of sulfonamides is 1. The van der Waals surface area contributed by atoms with Crippen molar-refractivity contribution in [1.29, 1.82) is 0 Å². The monoisotopic (exact) mass is 569 g/mol. The van der Waals surface area contributed by atoms with Gasteiger partial charge in [0, 0.05) is 32.5 Å². The topological polar surface area (TPSA) is 115 Å². The lowest BCUT2D eigenvalue weighted by Crippen LogP contribution is -2.39. The van der Waals surface area contributed by atoms with Gasteiger partial charge < -0.3 is 15.2 Å². The highest BCUT2D eigenvalue weighted by Crippen LogP contribution is 2.16. The summed E-state index contributed by atoms with van der Waals surface area (Å²) in [7, 11) is -1.68. The molecule has 0 radical (unpaired) electrons. The zero-order valence-corrected chi connectivity index (χ0v) is 21.2. The van der Waals surface area contributed by atoms with E-state index in [9.17, 15) is 8.42 Å². The molecule has 0 saturated heterocycles. The van der Waals surface area contributed by atoms with E-state index in [-0.39, 0.29) is 35.4 Å². The van der Waals surface area contributed by atoms with Gasteiger partial charge >= 0.3 is 0 Å². The first-order chi connectivity index (χ1) is 15.0. The predicted molar refractivity (Wildman–Crippen MR) is 136 cm³/mol. The smallest absolute Gasteiger partial charge is 0.242 e. The fraction of sp³-hybridized carbons (Fsp3) is 0.286. The molecule has 2 aromatic heterocycles. The van der Waals surface area contributed by atoms with Crippen LogP contribution in [0.2, 0.25) is 0 Å². The molecule has 0 aliphatic rings. The summed E-state index contributed by atoms with van der Waals surface area (Å²) in [6.07, 6.45) is 4.66. The third-order valence-corrected chi connectivity index (χ3v) is 5.85. The third kappa shape index (κ3) is 7.28. The fourth-order valence-corrected chi connectivity index (χ4v) is 3.89. The van der Waals surface area contributed by atoms with Gasteiger partial charge in [0.2, 0.25) is 10.0 Å². The number of hydrogen-bond donors (Lipinski definition) is 3. The first-order valence-electron chi connectivity index (χ1n) is 9.98. The van der Waals surface area contributed by atoms with Crippen LogP contribution in [-0.2, 0) is 16.6 Å². The second kappa shape index (κ2) is 12.5. The van der Waals surface area contributed by atoms with E-state index >= 15 is 0 Å². The Labute approximate surface area is 205 Å². The minimum absolute atomic E-state index is 0. The van der Waals surface area contributed by atoms with Crippen LogP contribution < -0.4 is 10.0 Å². The number of H-pyrrole nitrogens is 1. The van der Waals surface area contributed by atoms with E-state index < -0.39 is 10.0 Å². The summed E-state index contributed by atoms with van der Waals surface area (Å²) >= 11 is 0. The average Bonchev–Trinajstić information content (AvgIpc) is 3.25. The van der Waals surface area contributed by atoms with Gasteiger partial charge in [0.1, 0.15) is 10.7 Å². The predicted octanol–water partition coefficient (Wildman–Crippen LogP) is 2.47. The first-order valence-corrected chi connectivity index (χ1v) is 11.5. The van der Waals surface area contributed by atoms with Crippen molar-refractivity contribution in [2.45, 2.75) is 18.4 Å². The molecular formula is C21H28IN7O2S. The van der Waals surface area contributed by atoms with Gasteiger partial charge in [-0.25, -0.2) is 18.1 Å². The summed E-state index contributed by atoms with van der Waals surface area (Å²) in [5.74, 6) is 1.48. The second-order valence-electron chi connectivity index (χ2n) is 6.79. The van der Waals surface area contributed by atoms with Crippen molar-refractivity contribution >= 4 is 40.0 Å². The van der Waals surface area contributed by atoms with E-state index in [2.05, 4.69) is 30.0 Å². The normalized spacial score (nSPS) is 11.6. The number of imidazole rings is 1. The number of guanidine groups is 1. The SMILES string of the molecule is CCNC(=NCCNS(=O)(=O)c1cccnc1)N(C)Cc1ncc(-c2ccccc2)[nH]1.I. The largest absolute Gasteiger partial charge is 0.357 e. The average molecular weight is 569 g/mol. The number of halogens is 1. The Balaban J connectivity index is 0.00000363. The van der Waals surface area contributed by atoms with Crippen molar-refractivity contribution in [2.75, 3.05) is 26.7 Å². The number of pyridine rings is 1. The van der Waals surface area contributed by atoms with Gasteiger partial charge in [0.25, 0.3) is 0 Å². The Morgan fingerprint density at radius 1 is 1.16 bits per heavy atom. The van der Waals surface area contributed by atoms with Crippen LogP contribution in [0.15, 0.2) is 70.9 Å². The molecule has 0 aliphatic heterocycles. The van der Waals surface area contributed by atoms with Crippen molar-refractivity contribution in [2.24, 2.45) is 4.99 Å². The van der Waals surface area contributed by atoms with E-state index in [0.717, 1.165) is 17.1 Å². The Kier molecular flexibility index (Phi) is 10.1. The lowest BCUT2D eigenvalue weighted by Gasteiger charge is -2.21. The molecule has 11 heteroatoms.